The third-order valence-corrected chi connectivity index (χ3v) is 3.76. The van der Waals surface area contributed by atoms with Crippen molar-refractivity contribution in [3.63, 3.8) is 0 Å². The summed E-state index contributed by atoms with van der Waals surface area (Å²) < 4.78 is 10.9. The second kappa shape index (κ2) is 6.54. The molecule has 0 aliphatic rings. The maximum atomic E-state index is 9.29. The average Bonchev–Trinajstić information content (AvgIpc) is 2.92. The molecule has 5 heteroatoms. The van der Waals surface area contributed by atoms with Gasteiger partial charge in [-0.25, -0.2) is 4.98 Å². The van der Waals surface area contributed by atoms with Crippen LogP contribution in [0.4, 0.5) is 0 Å². The molecule has 1 aromatic heterocycles. The van der Waals surface area contributed by atoms with E-state index in [2.05, 4.69) is 11.9 Å². The van der Waals surface area contributed by atoms with Crippen molar-refractivity contribution in [2.24, 2.45) is 0 Å². The Morgan fingerprint density at radius 3 is 2.84 bits per heavy atom. The van der Waals surface area contributed by atoms with Gasteiger partial charge in [0.15, 0.2) is 0 Å². The second-order valence-electron chi connectivity index (χ2n) is 4.01. The van der Waals surface area contributed by atoms with Crippen LogP contribution in [0.1, 0.15) is 23.2 Å². The highest BCUT2D eigenvalue weighted by Crippen LogP contribution is 2.26. The van der Waals surface area contributed by atoms with Crippen molar-refractivity contribution in [2.45, 2.75) is 26.6 Å². The molecule has 0 saturated carbocycles. The number of ether oxygens (including phenoxy) is 2. The van der Waals surface area contributed by atoms with Gasteiger partial charge in [-0.1, -0.05) is 6.92 Å². The van der Waals surface area contributed by atoms with Crippen molar-refractivity contribution < 1.29 is 14.6 Å². The first kappa shape index (κ1) is 13.8. The molecule has 0 fully saturated rings. The van der Waals surface area contributed by atoms with Crippen LogP contribution in [-0.4, -0.2) is 17.2 Å². The van der Waals surface area contributed by atoms with Crippen LogP contribution in [0.5, 0.6) is 11.5 Å². The van der Waals surface area contributed by atoms with Gasteiger partial charge in [-0.2, -0.15) is 0 Å². The minimum Gasteiger partial charge on any atom is -0.497 e. The Morgan fingerprint density at radius 1 is 1.37 bits per heavy atom. The quantitative estimate of drug-likeness (QED) is 0.883. The normalized spacial score (nSPS) is 10.5. The highest BCUT2D eigenvalue weighted by molar-refractivity contribution is 7.09. The molecule has 1 aromatic carbocycles. The Morgan fingerprint density at radius 2 is 2.21 bits per heavy atom. The molecule has 0 spiro atoms. The van der Waals surface area contributed by atoms with Crippen molar-refractivity contribution in [2.75, 3.05) is 7.11 Å². The fourth-order valence-corrected chi connectivity index (χ4v) is 2.39. The molecule has 1 N–H and O–H groups in total. The Balaban J connectivity index is 2.09. The zero-order valence-corrected chi connectivity index (χ0v) is 11.9. The fourth-order valence-electron chi connectivity index (χ4n) is 1.66. The van der Waals surface area contributed by atoms with E-state index < -0.39 is 0 Å². The van der Waals surface area contributed by atoms with E-state index in [0.29, 0.717) is 18.1 Å². The van der Waals surface area contributed by atoms with Crippen molar-refractivity contribution in [3.05, 3.63) is 39.8 Å². The Labute approximate surface area is 116 Å². The lowest BCUT2D eigenvalue weighted by atomic mass is 10.2. The summed E-state index contributed by atoms with van der Waals surface area (Å²) in [5.41, 5.74) is 1.65. The van der Waals surface area contributed by atoms with Crippen LogP contribution < -0.4 is 9.47 Å². The van der Waals surface area contributed by atoms with Crippen molar-refractivity contribution in [1.29, 1.82) is 0 Å². The molecular weight excluding hydrogens is 262 g/mol. The van der Waals surface area contributed by atoms with Gasteiger partial charge < -0.3 is 14.6 Å². The first-order valence-corrected chi connectivity index (χ1v) is 6.98. The van der Waals surface area contributed by atoms with Crippen LogP contribution in [0.25, 0.3) is 0 Å². The lowest BCUT2D eigenvalue weighted by Crippen LogP contribution is -2.00. The summed E-state index contributed by atoms with van der Waals surface area (Å²) in [6, 6.07) is 5.38. The number of aromatic nitrogens is 1. The minimum atomic E-state index is -0.0589. The van der Waals surface area contributed by atoms with E-state index in [9.17, 15) is 5.11 Å². The van der Waals surface area contributed by atoms with Crippen LogP contribution in [-0.2, 0) is 19.6 Å². The van der Waals surface area contributed by atoms with E-state index in [1.54, 1.807) is 36.6 Å². The van der Waals surface area contributed by atoms with Crippen molar-refractivity contribution in [3.8, 4) is 11.5 Å². The maximum absolute atomic E-state index is 9.29. The van der Waals surface area contributed by atoms with E-state index in [-0.39, 0.29) is 6.61 Å². The fraction of sp³-hybridized carbons (Fsp3) is 0.357. The van der Waals surface area contributed by atoms with Gasteiger partial charge in [0, 0.05) is 17.0 Å². The molecule has 19 heavy (non-hydrogen) atoms. The third-order valence-electron chi connectivity index (χ3n) is 2.72. The van der Waals surface area contributed by atoms with Gasteiger partial charge in [-0.05, 0) is 18.6 Å². The van der Waals surface area contributed by atoms with Crippen molar-refractivity contribution >= 4 is 11.3 Å². The highest BCUT2D eigenvalue weighted by atomic mass is 32.1. The summed E-state index contributed by atoms with van der Waals surface area (Å²) >= 11 is 1.64. The predicted molar refractivity (Wildman–Crippen MR) is 74.7 cm³/mol. The van der Waals surface area contributed by atoms with Gasteiger partial charge in [-0.3, -0.25) is 0 Å². The molecule has 0 saturated heterocycles. The SMILES string of the molecule is CCc1nc(COc2cc(OC)ccc2CO)cs1. The highest BCUT2D eigenvalue weighted by Gasteiger charge is 2.07. The molecule has 102 valence electrons. The number of hydrogen-bond donors (Lipinski definition) is 1. The molecule has 0 aliphatic heterocycles. The number of benzene rings is 1. The molecular formula is C14H17NO3S. The van der Waals surface area contributed by atoms with E-state index >= 15 is 0 Å². The number of aliphatic hydroxyl groups is 1. The summed E-state index contributed by atoms with van der Waals surface area (Å²) in [6.45, 7) is 2.42. The van der Waals surface area contributed by atoms with Gasteiger partial charge in [0.1, 0.15) is 18.1 Å². The number of aliphatic hydroxyl groups excluding tert-OH is 1. The van der Waals surface area contributed by atoms with Gasteiger partial charge in [0.2, 0.25) is 0 Å². The van der Waals surface area contributed by atoms with Gasteiger partial charge in [0.05, 0.1) is 24.4 Å². The average molecular weight is 279 g/mol. The maximum Gasteiger partial charge on any atom is 0.131 e. The number of thiazole rings is 1. The van der Waals surface area contributed by atoms with Gasteiger partial charge >= 0.3 is 0 Å². The molecule has 0 bridgehead atoms. The van der Waals surface area contributed by atoms with Crippen LogP contribution in [0.2, 0.25) is 0 Å². The van der Waals surface area contributed by atoms with Crippen molar-refractivity contribution in [1.82, 2.24) is 4.98 Å². The summed E-state index contributed by atoms with van der Waals surface area (Å²) in [5, 5.41) is 12.4. The zero-order chi connectivity index (χ0) is 13.7. The number of nitrogens with zero attached hydrogens (tertiary/aromatic N) is 1. The molecule has 0 unspecified atom stereocenters. The Kier molecular flexibility index (Phi) is 4.76. The molecule has 0 aliphatic carbocycles. The minimum absolute atomic E-state index is 0.0589. The number of rotatable bonds is 6. The standard InChI is InChI=1S/C14H17NO3S/c1-3-14-15-11(9-19-14)8-18-13-6-12(17-2)5-4-10(13)7-16/h4-6,9,16H,3,7-8H2,1-2H3. The third kappa shape index (κ3) is 3.45. The summed E-state index contributed by atoms with van der Waals surface area (Å²) in [4.78, 5) is 4.44. The van der Waals surface area contributed by atoms with E-state index in [1.807, 2.05) is 5.38 Å². The number of hydrogen-bond acceptors (Lipinski definition) is 5. The lowest BCUT2D eigenvalue weighted by molar-refractivity contribution is 0.256. The lowest BCUT2D eigenvalue weighted by Gasteiger charge is -2.10. The van der Waals surface area contributed by atoms with Crippen LogP contribution in [0.3, 0.4) is 0 Å². The molecule has 2 rings (SSSR count). The zero-order valence-electron chi connectivity index (χ0n) is 11.0. The molecule has 2 aromatic rings. The van der Waals surface area contributed by atoms with E-state index in [4.69, 9.17) is 9.47 Å². The smallest absolute Gasteiger partial charge is 0.131 e. The molecule has 1 heterocycles. The van der Waals surface area contributed by atoms with Gasteiger partial charge in [-0.15, -0.1) is 11.3 Å². The Hall–Kier alpha value is -1.59. The largest absolute Gasteiger partial charge is 0.497 e. The topological polar surface area (TPSA) is 51.6 Å². The summed E-state index contributed by atoms with van der Waals surface area (Å²) in [5.74, 6) is 1.34. The van der Waals surface area contributed by atoms with Crippen LogP contribution in [0, 0.1) is 0 Å². The molecule has 4 nitrogen and oxygen atoms in total. The second-order valence-corrected chi connectivity index (χ2v) is 4.95. The summed E-state index contributed by atoms with van der Waals surface area (Å²) in [7, 11) is 1.60. The van der Waals surface area contributed by atoms with E-state index in [0.717, 1.165) is 22.7 Å². The Bertz CT molecular complexity index is 539. The van der Waals surface area contributed by atoms with Crippen LogP contribution in [0.15, 0.2) is 23.6 Å². The molecule has 0 atom stereocenters. The monoisotopic (exact) mass is 279 g/mol. The van der Waals surface area contributed by atoms with E-state index in [1.165, 1.54) is 0 Å². The molecule has 0 amide bonds. The molecule has 0 radical (unpaired) electrons. The summed E-state index contributed by atoms with van der Waals surface area (Å²) in [6.07, 6.45) is 0.936. The van der Waals surface area contributed by atoms with Gasteiger partial charge in [0.25, 0.3) is 0 Å². The number of aryl methyl sites for hydroxylation is 1. The first-order chi connectivity index (χ1) is 9.26. The van der Waals surface area contributed by atoms with Crippen LogP contribution >= 0.6 is 11.3 Å². The predicted octanol–water partition coefficient (Wildman–Crippen LogP) is 2.79. The first-order valence-electron chi connectivity index (χ1n) is 6.10. The number of methoxy groups -OCH3 is 1.